The standard InChI is InChI=1S/C20H36O2/c1-18(2,3)13-20(7,19(4,5)6)17(21)22-12-16-11-14-8-9-15(16)10-14/h14-16H,8-13H2,1-7H3. The maximum atomic E-state index is 12.9. The van der Waals surface area contributed by atoms with Gasteiger partial charge in [0, 0.05) is 0 Å². The SMILES string of the molecule is CC(C)(C)CC(C)(C(=O)OCC1CC2CCC1C2)C(C)(C)C. The molecule has 0 heterocycles. The third kappa shape index (κ3) is 3.68. The number of carbonyl (C=O) groups is 1. The summed E-state index contributed by atoms with van der Waals surface area (Å²) in [6.07, 6.45) is 6.27. The summed E-state index contributed by atoms with van der Waals surface area (Å²) in [6, 6.07) is 0. The van der Waals surface area contributed by atoms with Crippen molar-refractivity contribution in [2.45, 2.75) is 80.6 Å². The van der Waals surface area contributed by atoms with Crippen LogP contribution in [0.25, 0.3) is 0 Å². The third-order valence-electron chi connectivity index (χ3n) is 6.30. The van der Waals surface area contributed by atoms with Gasteiger partial charge in [-0.15, -0.1) is 0 Å². The molecule has 0 saturated heterocycles. The molecule has 2 nitrogen and oxygen atoms in total. The Morgan fingerprint density at radius 1 is 1.00 bits per heavy atom. The molecule has 4 atom stereocenters. The predicted octanol–water partition coefficient (Wildman–Crippen LogP) is 5.45. The van der Waals surface area contributed by atoms with Crippen LogP contribution < -0.4 is 0 Å². The number of hydrogen-bond donors (Lipinski definition) is 0. The Hall–Kier alpha value is -0.530. The van der Waals surface area contributed by atoms with Gasteiger partial charge in [-0.1, -0.05) is 48.0 Å². The molecule has 0 aromatic rings. The highest BCUT2D eigenvalue weighted by Gasteiger charge is 2.48. The Morgan fingerprint density at radius 3 is 2.05 bits per heavy atom. The summed E-state index contributed by atoms with van der Waals surface area (Å²) in [5.74, 6) is 2.37. The molecule has 2 aliphatic carbocycles. The molecule has 2 fully saturated rings. The molecule has 4 unspecified atom stereocenters. The topological polar surface area (TPSA) is 26.3 Å². The zero-order valence-corrected chi connectivity index (χ0v) is 15.8. The van der Waals surface area contributed by atoms with Crippen LogP contribution in [0.5, 0.6) is 0 Å². The summed E-state index contributed by atoms with van der Waals surface area (Å²) in [5.41, 5.74) is -0.400. The number of rotatable bonds is 4. The van der Waals surface area contributed by atoms with Gasteiger partial charge in [0.15, 0.2) is 0 Å². The molecular weight excluding hydrogens is 272 g/mol. The summed E-state index contributed by atoms with van der Waals surface area (Å²) in [6.45, 7) is 15.9. The second-order valence-electron chi connectivity index (χ2n) is 10.4. The van der Waals surface area contributed by atoms with Crippen molar-refractivity contribution in [3.05, 3.63) is 0 Å². The first-order chi connectivity index (χ1) is 9.92. The Balaban J connectivity index is 2.00. The molecular formula is C20H36O2. The van der Waals surface area contributed by atoms with Gasteiger partial charge in [0.25, 0.3) is 0 Å². The molecule has 0 N–H and O–H groups in total. The van der Waals surface area contributed by atoms with Crippen LogP contribution in [0.3, 0.4) is 0 Å². The van der Waals surface area contributed by atoms with Crippen LogP contribution in [0.2, 0.25) is 0 Å². The van der Waals surface area contributed by atoms with E-state index in [9.17, 15) is 4.79 Å². The lowest BCUT2D eigenvalue weighted by Crippen LogP contribution is -2.44. The lowest BCUT2D eigenvalue weighted by molar-refractivity contribution is -0.166. The zero-order chi connectivity index (χ0) is 16.8. The van der Waals surface area contributed by atoms with E-state index in [2.05, 4.69) is 48.5 Å². The van der Waals surface area contributed by atoms with Crippen LogP contribution in [-0.4, -0.2) is 12.6 Å². The van der Waals surface area contributed by atoms with E-state index in [-0.39, 0.29) is 16.8 Å². The minimum absolute atomic E-state index is 0.0118. The molecule has 0 spiro atoms. The number of ether oxygens (including phenoxy) is 1. The Kier molecular flexibility index (Phi) is 4.73. The van der Waals surface area contributed by atoms with E-state index in [4.69, 9.17) is 4.74 Å². The van der Waals surface area contributed by atoms with Crippen molar-refractivity contribution in [2.75, 3.05) is 6.61 Å². The average Bonchev–Trinajstić information content (AvgIpc) is 2.94. The smallest absolute Gasteiger partial charge is 0.312 e. The largest absolute Gasteiger partial charge is 0.465 e. The van der Waals surface area contributed by atoms with Crippen molar-refractivity contribution in [1.82, 2.24) is 0 Å². The van der Waals surface area contributed by atoms with E-state index in [1.165, 1.54) is 25.7 Å². The monoisotopic (exact) mass is 308 g/mol. The minimum Gasteiger partial charge on any atom is -0.465 e. The average molecular weight is 309 g/mol. The van der Waals surface area contributed by atoms with Crippen molar-refractivity contribution in [2.24, 2.45) is 34.0 Å². The summed E-state index contributed by atoms with van der Waals surface area (Å²) >= 11 is 0. The summed E-state index contributed by atoms with van der Waals surface area (Å²) in [5, 5.41) is 0. The summed E-state index contributed by atoms with van der Waals surface area (Å²) in [4.78, 5) is 12.9. The molecule has 128 valence electrons. The van der Waals surface area contributed by atoms with Crippen LogP contribution >= 0.6 is 0 Å². The highest BCUT2D eigenvalue weighted by atomic mass is 16.5. The molecule has 0 aliphatic heterocycles. The van der Waals surface area contributed by atoms with E-state index in [1.54, 1.807) is 0 Å². The van der Waals surface area contributed by atoms with Crippen LogP contribution in [0, 0.1) is 34.0 Å². The van der Waals surface area contributed by atoms with Gasteiger partial charge < -0.3 is 4.74 Å². The molecule has 0 radical (unpaired) electrons. The van der Waals surface area contributed by atoms with Gasteiger partial charge >= 0.3 is 5.97 Å². The van der Waals surface area contributed by atoms with Crippen molar-refractivity contribution >= 4 is 5.97 Å². The molecule has 2 rings (SSSR count). The van der Waals surface area contributed by atoms with E-state index >= 15 is 0 Å². The highest BCUT2D eigenvalue weighted by molar-refractivity contribution is 5.77. The van der Waals surface area contributed by atoms with E-state index in [0.29, 0.717) is 12.5 Å². The maximum Gasteiger partial charge on any atom is 0.312 e. The van der Waals surface area contributed by atoms with Crippen molar-refractivity contribution in [3.8, 4) is 0 Å². The Labute approximate surface area is 137 Å². The van der Waals surface area contributed by atoms with Crippen molar-refractivity contribution in [3.63, 3.8) is 0 Å². The van der Waals surface area contributed by atoms with Crippen LogP contribution in [0.15, 0.2) is 0 Å². The minimum atomic E-state index is -0.428. The summed E-state index contributed by atoms with van der Waals surface area (Å²) < 4.78 is 5.88. The van der Waals surface area contributed by atoms with Gasteiger partial charge in [-0.2, -0.15) is 0 Å². The number of carbonyl (C=O) groups excluding carboxylic acids is 1. The van der Waals surface area contributed by atoms with E-state index < -0.39 is 5.41 Å². The second kappa shape index (κ2) is 5.83. The fraction of sp³-hybridized carbons (Fsp3) is 0.950. The Bertz CT molecular complexity index is 412. The molecule has 2 aliphatic rings. The molecule has 2 bridgehead atoms. The van der Waals surface area contributed by atoms with Gasteiger partial charge in [0.05, 0.1) is 12.0 Å². The number of fused-ring (bicyclic) bond motifs is 2. The van der Waals surface area contributed by atoms with E-state index in [1.807, 2.05) is 0 Å². The quantitative estimate of drug-likeness (QED) is 0.645. The van der Waals surface area contributed by atoms with Crippen LogP contribution in [0.4, 0.5) is 0 Å². The Morgan fingerprint density at radius 2 is 1.64 bits per heavy atom. The third-order valence-corrected chi connectivity index (χ3v) is 6.30. The van der Waals surface area contributed by atoms with Gasteiger partial charge in [0.1, 0.15) is 0 Å². The van der Waals surface area contributed by atoms with Gasteiger partial charge in [0.2, 0.25) is 0 Å². The van der Waals surface area contributed by atoms with Gasteiger partial charge in [-0.3, -0.25) is 4.79 Å². The highest BCUT2D eigenvalue weighted by Crippen LogP contribution is 2.50. The maximum absolute atomic E-state index is 12.9. The van der Waals surface area contributed by atoms with Crippen molar-refractivity contribution < 1.29 is 9.53 Å². The lowest BCUT2D eigenvalue weighted by Gasteiger charge is -2.43. The van der Waals surface area contributed by atoms with Crippen LogP contribution in [0.1, 0.15) is 80.6 Å². The lowest BCUT2D eigenvalue weighted by atomic mass is 9.61. The molecule has 2 heteroatoms. The molecule has 0 aromatic carbocycles. The molecule has 0 amide bonds. The normalized spacial score (nSPS) is 31.1. The zero-order valence-electron chi connectivity index (χ0n) is 15.8. The number of esters is 1. The first-order valence-electron chi connectivity index (χ1n) is 9.10. The first-order valence-corrected chi connectivity index (χ1v) is 9.10. The molecule has 0 aromatic heterocycles. The van der Waals surface area contributed by atoms with Gasteiger partial charge in [-0.25, -0.2) is 0 Å². The second-order valence-corrected chi connectivity index (χ2v) is 10.4. The summed E-state index contributed by atoms with van der Waals surface area (Å²) in [7, 11) is 0. The molecule has 2 saturated carbocycles. The fourth-order valence-corrected chi connectivity index (χ4v) is 4.63. The fourth-order valence-electron chi connectivity index (χ4n) is 4.63. The van der Waals surface area contributed by atoms with Gasteiger partial charge in [-0.05, 0) is 61.2 Å². The van der Waals surface area contributed by atoms with Crippen molar-refractivity contribution in [1.29, 1.82) is 0 Å². The number of hydrogen-bond acceptors (Lipinski definition) is 2. The first kappa shape index (κ1) is 17.8. The molecule has 22 heavy (non-hydrogen) atoms. The van der Waals surface area contributed by atoms with Crippen LogP contribution in [-0.2, 0) is 9.53 Å². The predicted molar refractivity (Wildman–Crippen MR) is 91.5 cm³/mol. The van der Waals surface area contributed by atoms with E-state index in [0.717, 1.165) is 18.3 Å².